The lowest BCUT2D eigenvalue weighted by molar-refractivity contribution is 0.183. The van der Waals surface area contributed by atoms with Gasteiger partial charge in [-0.15, -0.1) is 0 Å². The quantitative estimate of drug-likeness (QED) is 0.663. The molecule has 1 heterocycles. The molecular formula is C10H17N3O. The highest BCUT2D eigenvalue weighted by Gasteiger charge is 2.00. The molecule has 0 radical (unpaired) electrons. The third-order valence-corrected chi connectivity index (χ3v) is 2.00. The normalized spacial score (nSPS) is 12.2. The molecular weight excluding hydrogens is 178 g/mol. The first kappa shape index (κ1) is 10.8. The fourth-order valence-corrected chi connectivity index (χ4v) is 1.04. The Morgan fingerprint density at radius 2 is 2.14 bits per heavy atom. The predicted octanol–water partition coefficient (Wildman–Crippen LogP) is 1.31. The molecule has 1 aromatic heterocycles. The highest BCUT2D eigenvalue weighted by Crippen LogP contribution is 2.08. The maximum Gasteiger partial charge on any atom is 0.128 e. The number of nitrogens with zero attached hydrogens (tertiary/aromatic N) is 1. The molecule has 0 saturated heterocycles. The smallest absolute Gasteiger partial charge is 0.128 e. The van der Waals surface area contributed by atoms with Gasteiger partial charge in [-0.2, -0.15) is 0 Å². The van der Waals surface area contributed by atoms with E-state index in [2.05, 4.69) is 15.6 Å². The van der Waals surface area contributed by atoms with Gasteiger partial charge in [0.1, 0.15) is 11.6 Å². The zero-order valence-corrected chi connectivity index (χ0v) is 8.62. The van der Waals surface area contributed by atoms with E-state index in [0.29, 0.717) is 6.54 Å². The Morgan fingerprint density at radius 1 is 1.43 bits per heavy atom. The summed E-state index contributed by atoms with van der Waals surface area (Å²) in [5.41, 5.74) is 0. The van der Waals surface area contributed by atoms with Crippen molar-refractivity contribution < 1.29 is 5.11 Å². The summed E-state index contributed by atoms with van der Waals surface area (Å²) in [6, 6.07) is 5.68. The van der Waals surface area contributed by atoms with E-state index in [-0.39, 0.29) is 6.10 Å². The average Bonchev–Trinajstić information content (AvgIpc) is 2.26. The molecule has 0 spiro atoms. The fraction of sp³-hybridized carbons (Fsp3) is 0.500. The van der Waals surface area contributed by atoms with Gasteiger partial charge in [-0.1, -0.05) is 13.0 Å². The maximum atomic E-state index is 9.34. The summed E-state index contributed by atoms with van der Waals surface area (Å²) in [5.74, 6) is 1.60. The van der Waals surface area contributed by atoms with E-state index >= 15 is 0 Å². The molecule has 0 saturated carbocycles. The number of pyridine rings is 1. The second kappa shape index (κ2) is 5.44. The van der Waals surface area contributed by atoms with Crippen LogP contribution in [0.3, 0.4) is 0 Å². The Labute approximate surface area is 84.4 Å². The summed E-state index contributed by atoms with van der Waals surface area (Å²) < 4.78 is 0. The number of anilines is 2. The van der Waals surface area contributed by atoms with Gasteiger partial charge in [0, 0.05) is 13.6 Å². The zero-order chi connectivity index (χ0) is 10.4. The van der Waals surface area contributed by atoms with Crippen LogP contribution in [0.25, 0.3) is 0 Å². The number of aromatic nitrogens is 1. The summed E-state index contributed by atoms with van der Waals surface area (Å²) >= 11 is 0. The van der Waals surface area contributed by atoms with Crippen molar-refractivity contribution in [1.82, 2.24) is 4.98 Å². The monoisotopic (exact) mass is 195 g/mol. The Kier molecular flexibility index (Phi) is 4.19. The van der Waals surface area contributed by atoms with Crippen LogP contribution in [-0.2, 0) is 0 Å². The molecule has 0 aliphatic heterocycles. The van der Waals surface area contributed by atoms with E-state index < -0.39 is 0 Å². The second-order valence-electron chi connectivity index (χ2n) is 3.10. The lowest BCUT2D eigenvalue weighted by Crippen LogP contribution is -2.18. The lowest BCUT2D eigenvalue weighted by atomic mass is 10.3. The molecule has 0 fully saturated rings. The van der Waals surface area contributed by atoms with E-state index in [1.165, 1.54) is 0 Å². The lowest BCUT2D eigenvalue weighted by Gasteiger charge is -2.10. The van der Waals surface area contributed by atoms with E-state index in [9.17, 15) is 5.11 Å². The Hall–Kier alpha value is -1.29. The van der Waals surface area contributed by atoms with Crippen molar-refractivity contribution >= 4 is 11.6 Å². The second-order valence-corrected chi connectivity index (χ2v) is 3.10. The number of aliphatic hydroxyl groups excluding tert-OH is 1. The first-order chi connectivity index (χ1) is 6.76. The number of hydrogen-bond acceptors (Lipinski definition) is 4. The van der Waals surface area contributed by atoms with Crippen molar-refractivity contribution in [2.75, 3.05) is 24.2 Å². The highest BCUT2D eigenvalue weighted by atomic mass is 16.3. The molecule has 0 bridgehead atoms. The van der Waals surface area contributed by atoms with Crippen molar-refractivity contribution in [1.29, 1.82) is 0 Å². The van der Waals surface area contributed by atoms with Crippen LogP contribution in [0, 0.1) is 0 Å². The highest BCUT2D eigenvalue weighted by molar-refractivity contribution is 5.44. The van der Waals surface area contributed by atoms with Crippen LogP contribution >= 0.6 is 0 Å². The van der Waals surface area contributed by atoms with E-state index in [4.69, 9.17) is 0 Å². The summed E-state index contributed by atoms with van der Waals surface area (Å²) in [6.07, 6.45) is 0.439. The summed E-state index contributed by atoms with van der Waals surface area (Å²) in [4.78, 5) is 4.26. The number of rotatable bonds is 5. The van der Waals surface area contributed by atoms with Gasteiger partial charge in [0.25, 0.3) is 0 Å². The van der Waals surface area contributed by atoms with Crippen LogP contribution in [0.15, 0.2) is 18.2 Å². The Balaban J connectivity index is 2.50. The predicted molar refractivity (Wildman–Crippen MR) is 58.6 cm³/mol. The van der Waals surface area contributed by atoms with Gasteiger partial charge in [0.05, 0.1) is 6.10 Å². The fourth-order valence-electron chi connectivity index (χ4n) is 1.04. The third kappa shape index (κ3) is 3.22. The van der Waals surface area contributed by atoms with Gasteiger partial charge < -0.3 is 15.7 Å². The standard InChI is InChI=1S/C10H17N3O/c1-3-8(14)7-12-10-6-4-5-9(11-2)13-10/h4-6,8,14H,3,7H2,1-2H3,(H2,11,12,13). The first-order valence-electron chi connectivity index (χ1n) is 4.83. The molecule has 1 unspecified atom stereocenters. The van der Waals surface area contributed by atoms with Crippen LogP contribution in [-0.4, -0.2) is 29.8 Å². The molecule has 0 aromatic carbocycles. The third-order valence-electron chi connectivity index (χ3n) is 2.00. The molecule has 1 rings (SSSR count). The molecule has 14 heavy (non-hydrogen) atoms. The molecule has 0 amide bonds. The average molecular weight is 195 g/mol. The van der Waals surface area contributed by atoms with Gasteiger partial charge in [0.15, 0.2) is 0 Å². The molecule has 3 N–H and O–H groups in total. The van der Waals surface area contributed by atoms with Crippen LogP contribution < -0.4 is 10.6 Å². The van der Waals surface area contributed by atoms with Gasteiger partial charge in [0.2, 0.25) is 0 Å². The number of aliphatic hydroxyl groups is 1. The Morgan fingerprint density at radius 3 is 2.79 bits per heavy atom. The Bertz CT molecular complexity index is 278. The largest absolute Gasteiger partial charge is 0.391 e. The first-order valence-corrected chi connectivity index (χ1v) is 4.83. The van der Waals surface area contributed by atoms with Gasteiger partial charge >= 0.3 is 0 Å². The molecule has 4 nitrogen and oxygen atoms in total. The molecule has 1 atom stereocenters. The van der Waals surface area contributed by atoms with Crippen LogP contribution in [0.2, 0.25) is 0 Å². The van der Waals surface area contributed by atoms with Crippen LogP contribution in [0.5, 0.6) is 0 Å². The molecule has 4 heteroatoms. The molecule has 1 aromatic rings. The number of hydrogen-bond donors (Lipinski definition) is 3. The minimum atomic E-state index is -0.310. The van der Waals surface area contributed by atoms with Crippen molar-refractivity contribution in [3.8, 4) is 0 Å². The van der Waals surface area contributed by atoms with Gasteiger partial charge in [-0.25, -0.2) is 4.98 Å². The van der Waals surface area contributed by atoms with Gasteiger partial charge in [-0.3, -0.25) is 0 Å². The SMILES string of the molecule is CCC(O)CNc1cccc(NC)n1. The zero-order valence-electron chi connectivity index (χ0n) is 8.62. The summed E-state index contributed by atoms with van der Waals surface area (Å²) in [7, 11) is 1.83. The minimum Gasteiger partial charge on any atom is -0.391 e. The van der Waals surface area contributed by atoms with Crippen molar-refractivity contribution in [2.24, 2.45) is 0 Å². The van der Waals surface area contributed by atoms with Crippen LogP contribution in [0.1, 0.15) is 13.3 Å². The summed E-state index contributed by atoms with van der Waals surface area (Å²) in [6.45, 7) is 2.49. The molecule has 0 aliphatic rings. The van der Waals surface area contributed by atoms with Crippen molar-refractivity contribution in [3.63, 3.8) is 0 Å². The van der Waals surface area contributed by atoms with Crippen molar-refractivity contribution in [3.05, 3.63) is 18.2 Å². The van der Waals surface area contributed by atoms with Crippen LogP contribution in [0.4, 0.5) is 11.6 Å². The minimum absolute atomic E-state index is 0.310. The van der Waals surface area contributed by atoms with Crippen molar-refractivity contribution in [2.45, 2.75) is 19.4 Å². The maximum absolute atomic E-state index is 9.34. The number of nitrogens with one attached hydrogen (secondary N) is 2. The molecule has 0 aliphatic carbocycles. The van der Waals surface area contributed by atoms with E-state index in [0.717, 1.165) is 18.1 Å². The van der Waals surface area contributed by atoms with E-state index in [1.54, 1.807) is 0 Å². The topological polar surface area (TPSA) is 57.2 Å². The van der Waals surface area contributed by atoms with E-state index in [1.807, 2.05) is 32.2 Å². The summed E-state index contributed by atoms with van der Waals surface area (Å²) in [5, 5.41) is 15.4. The van der Waals surface area contributed by atoms with Gasteiger partial charge in [-0.05, 0) is 18.6 Å². The molecule has 78 valence electrons.